The van der Waals surface area contributed by atoms with Crippen LogP contribution in [-0.4, -0.2) is 37.2 Å². The lowest BCUT2D eigenvalue weighted by molar-refractivity contribution is -0.115. The van der Waals surface area contributed by atoms with Crippen LogP contribution in [0.3, 0.4) is 0 Å². The average Bonchev–Trinajstić information content (AvgIpc) is 3.15. The molecule has 3 aliphatic rings. The fraction of sp³-hybridized carbons (Fsp3) is 0.667. The van der Waals surface area contributed by atoms with Crippen molar-refractivity contribution in [2.24, 2.45) is 21.3 Å². The van der Waals surface area contributed by atoms with Crippen molar-refractivity contribution in [2.75, 3.05) is 19.7 Å². The van der Waals surface area contributed by atoms with E-state index in [0.717, 1.165) is 51.1 Å². The van der Waals surface area contributed by atoms with Gasteiger partial charge in [-0.05, 0) is 64.0 Å². The Kier molecular flexibility index (Phi) is 7.42. The molecule has 4 nitrogen and oxygen atoms in total. The SMILES string of the molecule is C=CC(CNCC[C@@]1(C2=CC(C)CC=N2)CCOC2(CCCC2)C1)=N/C=C\C. The summed E-state index contributed by atoms with van der Waals surface area (Å²) in [6, 6.07) is 0. The molecule has 1 aliphatic carbocycles. The summed E-state index contributed by atoms with van der Waals surface area (Å²) in [6.07, 6.45) is 19.5. The Morgan fingerprint density at radius 2 is 2.21 bits per heavy atom. The maximum atomic E-state index is 6.37. The summed E-state index contributed by atoms with van der Waals surface area (Å²) in [7, 11) is 0. The van der Waals surface area contributed by atoms with E-state index in [9.17, 15) is 0 Å². The molecule has 1 N–H and O–H groups in total. The number of nitrogens with zero attached hydrogens (tertiary/aromatic N) is 2. The molecule has 154 valence electrons. The normalized spacial score (nSPS) is 30.1. The Morgan fingerprint density at radius 1 is 1.39 bits per heavy atom. The molecule has 0 radical (unpaired) electrons. The molecule has 3 rings (SSSR count). The lowest BCUT2D eigenvalue weighted by Gasteiger charge is -2.47. The highest BCUT2D eigenvalue weighted by atomic mass is 16.5. The van der Waals surface area contributed by atoms with Gasteiger partial charge in [-0.1, -0.05) is 38.5 Å². The standard InChI is InChI=1S/C24H37N3O/c1-4-13-26-21(5-2)18-25-15-11-23(22-17-20(3)8-14-27-22)12-16-28-24(19-23)9-6-7-10-24/h4-5,13-14,17,20,25H,2,6-12,15-16,18-19H2,1,3H3/b13-4-,26-21?/t20?,23-/m1/s1. The van der Waals surface area contributed by atoms with E-state index >= 15 is 0 Å². The first-order valence-corrected chi connectivity index (χ1v) is 11.0. The molecule has 2 fully saturated rings. The van der Waals surface area contributed by atoms with E-state index in [-0.39, 0.29) is 11.0 Å². The van der Waals surface area contributed by atoms with E-state index in [1.807, 2.05) is 25.3 Å². The van der Waals surface area contributed by atoms with Crippen LogP contribution in [0, 0.1) is 11.3 Å². The van der Waals surface area contributed by atoms with Crippen LogP contribution in [0.4, 0.5) is 0 Å². The van der Waals surface area contributed by atoms with Gasteiger partial charge in [0, 0.05) is 36.7 Å². The molecule has 0 bridgehead atoms. The topological polar surface area (TPSA) is 46.0 Å². The highest BCUT2D eigenvalue weighted by Gasteiger charge is 2.48. The molecule has 1 saturated carbocycles. The zero-order valence-corrected chi connectivity index (χ0v) is 17.8. The van der Waals surface area contributed by atoms with Gasteiger partial charge < -0.3 is 10.1 Å². The van der Waals surface area contributed by atoms with E-state index in [1.165, 1.54) is 31.4 Å². The van der Waals surface area contributed by atoms with Crippen molar-refractivity contribution in [3.05, 3.63) is 36.7 Å². The second-order valence-corrected chi connectivity index (χ2v) is 8.76. The lowest BCUT2D eigenvalue weighted by atomic mass is 9.67. The first-order valence-electron chi connectivity index (χ1n) is 11.0. The fourth-order valence-electron chi connectivity index (χ4n) is 5.02. The molecule has 2 heterocycles. The van der Waals surface area contributed by atoms with Gasteiger partial charge in [0.2, 0.25) is 0 Å². The summed E-state index contributed by atoms with van der Waals surface area (Å²) in [5.74, 6) is 0.583. The van der Waals surface area contributed by atoms with Crippen LogP contribution in [0.1, 0.15) is 65.2 Å². The first kappa shape index (κ1) is 21.2. The number of allylic oxidation sites excluding steroid dienone is 3. The van der Waals surface area contributed by atoms with E-state index in [0.29, 0.717) is 5.92 Å². The number of hydrogen-bond acceptors (Lipinski definition) is 4. The largest absolute Gasteiger partial charge is 0.375 e. The maximum Gasteiger partial charge on any atom is 0.0691 e. The molecular formula is C24H37N3O. The summed E-state index contributed by atoms with van der Waals surface area (Å²) < 4.78 is 6.37. The number of nitrogens with one attached hydrogen (secondary N) is 1. The Hall–Kier alpha value is -1.52. The fourth-order valence-corrected chi connectivity index (χ4v) is 5.02. The summed E-state index contributed by atoms with van der Waals surface area (Å²) in [6.45, 7) is 10.7. The Morgan fingerprint density at radius 3 is 2.93 bits per heavy atom. The predicted molar refractivity (Wildman–Crippen MR) is 119 cm³/mol. The molecule has 1 saturated heterocycles. The van der Waals surface area contributed by atoms with Crippen molar-refractivity contribution in [3.8, 4) is 0 Å². The van der Waals surface area contributed by atoms with Gasteiger partial charge in [-0.15, -0.1) is 0 Å². The number of ether oxygens (including phenoxy) is 1. The summed E-state index contributed by atoms with van der Waals surface area (Å²) in [5, 5.41) is 3.59. The molecule has 28 heavy (non-hydrogen) atoms. The van der Waals surface area contributed by atoms with Gasteiger partial charge in [-0.2, -0.15) is 0 Å². The minimum atomic E-state index is 0.0922. The zero-order chi connectivity index (χ0) is 19.9. The maximum absolute atomic E-state index is 6.37. The second-order valence-electron chi connectivity index (χ2n) is 8.76. The van der Waals surface area contributed by atoms with Crippen molar-refractivity contribution in [1.82, 2.24) is 5.32 Å². The van der Waals surface area contributed by atoms with E-state index in [4.69, 9.17) is 9.73 Å². The van der Waals surface area contributed by atoms with Crippen LogP contribution < -0.4 is 5.32 Å². The number of aliphatic imine (C=N–C) groups is 2. The van der Waals surface area contributed by atoms with E-state index in [1.54, 1.807) is 0 Å². The molecule has 0 aromatic carbocycles. The quantitative estimate of drug-likeness (QED) is 0.461. The highest BCUT2D eigenvalue weighted by molar-refractivity contribution is 5.96. The summed E-state index contributed by atoms with van der Waals surface area (Å²) in [4.78, 5) is 9.33. The van der Waals surface area contributed by atoms with Crippen molar-refractivity contribution in [1.29, 1.82) is 0 Å². The van der Waals surface area contributed by atoms with Crippen LogP contribution >= 0.6 is 0 Å². The van der Waals surface area contributed by atoms with Crippen molar-refractivity contribution in [2.45, 2.75) is 70.8 Å². The van der Waals surface area contributed by atoms with Gasteiger partial charge in [-0.25, -0.2) is 0 Å². The lowest BCUT2D eigenvalue weighted by Crippen LogP contribution is -2.46. The van der Waals surface area contributed by atoms with Crippen LogP contribution in [0.15, 0.2) is 46.7 Å². The Labute approximate surface area is 171 Å². The second kappa shape index (κ2) is 9.80. The van der Waals surface area contributed by atoms with Crippen molar-refractivity contribution >= 4 is 11.9 Å². The van der Waals surface area contributed by atoms with Gasteiger partial charge in [0.1, 0.15) is 0 Å². The molecule has 1 unspecified atom stereocenters. The molecule has 2 atom stereocenters. The van der Waals surface area contributed by atoms with Gasteiger partial charge in [0.05, 0.1) is 11.3 Å². The summed E-state index contributed by atoms with van der Waals surface area (Å²) >= 11 is 0. The molecule has 0 aromatic rings. The molecular weight excluding hydrogens is 346 g/mol. The highest BCUT2D eigenvalue weighted by Crippen LogP contribution is 2.53. The molecule has 1 spiro atoms. The van der Waals surface area contributed by atoms with Gasteiger partial charge in [0.25, 0.3) is 0 Å². The average molecular weight is 384 g/mol. The zero-order valence-electron chi connectivity index (χ0n) is 17.8. The minimum Gasteiger partial charge on any atom is -0.375 e. The predicted octanol–water partition coefficient (Wildman–Crippen LogP) is 5.23. The van der Waals surface area contributed by atoms with Crippen LogP contribution in [-0.2, 0) is 4.74 Å². The third-order valence-corrected chi connectivity index (χ3v) is 6.57. The summed E-state index contributed by atoms with van der Waals surface area (Å²) in [5.41, 5.74) is 2.52. The van der Waals surface area contributed by atoms with Crippen LogP contribution in [0.2, 0.25) is 0 Å². The molecule has 4 heteroatoms. The third-order valence-electron chi connectivity index (χ3n) is 6.57. The van der Waals surface area contributed by atoms with Crippen molar-refractivity contribution in [3.63, 3.8) is 0 Å². The van der Waals surface area contributed by atoms with Crippen molar-refractivity contribution < 1.29 is 4.74 Å². The Balaban J connectivity index is 1.70. The van der Waals surface area contributed by atoms with E-state index < -0.39 is 0 Å². The van der Waals surface area contributed by atoms with Gasteiger partial charge in [-0.3, -0.25) is 9.98 Å². The third kappa shape index (κ3) is 5.09. The monoisotopic (exact) mass is 383 g/mol. The minimum absolute atomic E-state index is 0.0922. The van der Waals surface area contributed by atoms with Gasteiger partial charge >= 0.3 is 0 Å². The Bertz CT molecular complexity index is 655. The number of hydrogen-bond donors (Lipinski definition) is 1. The van der Waals surface area contributed by atoms with E-state index in [2.05, 4.69) is 36.1 Å². The van der Waals surface area contributed by atoms with Crippen LogP contribution in [0.5, 0.6) is 0 Å². The molecule has 0 aromatic heterocycles. The van der Waals surface area contributed by atoms with Crippen LogP contribution in [0.25, 0.3) is 0 Å². The number of rotatable bonds is 8. The molecule has 2 aliphatic heterocycles. The smallest absolute Gasteiger partial charge is 0.0691 e. The first-order chi connectivity index (χ1) is 13.6. The molecule has 0 amide bonds. The van der Waals surface area contributed by atoms with Gasteiger partial charge in [0.15, 0.2) is 0 Å².